The molecule has 1 aromatic rings. The third-order valence-electron chi connectivity index (χ3n) is 3.05. The molecule has 92 valence electrons. The highest BCUT2D eigenvalue weighted by molar-refractivity contribution is 9.10. The minimum absolute atomic E-state index is 0.410. The monoisotopic (exact) mass is 312 g/mol. The summed E-state index contributed by atoms with van der Waals surface area (Å²) in [5.74, 6) is 1.80. The van der Waals surface area contributed by atoms with E-state index < -0.39 is 0 Å². The summed E-state index contributed by atoms with van der Waals surface area (Å²) in [6, 6.07) is 6.70. The van der Waals surface area contributed by atoms with Gasteiger partial charge < -0.3 is 5.32 Å². The fourth-order valence-corrected chi connectivity index (χ4v) is 3.07. The molecule has 2 nitrogen and oxygen atoms in total. The largest absolute Gasteiger partial charge is 0.335 e. The number of nitrogens with zero attached hydrogens (tertiary/aromatic N) is 1. The Kier molecular flexibility index (Phi) is 4.15. The lowest BCUT2D eigenvalue weighted by molar-refractivity contribution is 0.537. The van der Waals surface area contributed by atoms with Crippen molar-refractivity contribution in [2.45, 2.75) is 26.8 Å². The van der Waals surface area contributed by atoms with Gasteiger partial charge in [-0.05, 0) is 37.5 Å². The molecule has 1 aliphatic heterocycles. The van der Waals surface area contributed by atoms with E-state index in [4.69, 9.17) is 0 Å². The maximum Gasteiger partial charge on any atom is 0.161 e. The molecule has 4 heteroatoms. The van der Waals surface area contributed by atoms with E-state index in [1.165, 1.54) is 5.56 Å². The number of halogens is 1. The summed E-state index contributed by atoms with van der Waals surface area (Å²) in [7, 11) is 0. The van der Waals surface area contributed by atoms with Gasteiger partial charge in [-0.15, -0.1) is 0 Å². The molecule has 0 bridgehead atoms. The van der Waals surface area contributed by atoms with Crippen LogP contribution in [0.4, 0.5) is 5.69 Å². The van der Waals surface area contributed by atoms with Crippen molar-refractivity contribution in [2.24, 2.45) is 10.9 Å². The Balaban J connectivity index is 2.11. The van der Waals surface area contributed by atoms with Crippen molar-refractivity contribution in [1.82, 2.24) is 0 Å². The maximum atomic E-state index is 4.66. The number of aliphatic imine (C=N–C) groups is 1. The average molecular weight is 313 g/mol. The number of rotatable bonds is 1. The Morgan fingerprint density at radius 3 is 2.82 bits per heavy atom. The molecule has 1 aromatic carbocycles. The molecule has 17 heavy (non-hydrogen) atoms. The van der Waals surface area contributed by atoms with Gasteiger partial charge in [-0.1, -0.05) is 40.7 Å². The van der Waals surface area contributed by atoms with Crippen molar-refractivity contribution < 1.29 is 0 Å². The zero-order chi connectivity index (χ0) is 12.4. The van der Waals surface area contributed by atoms with Crippen LogP contribution in [0.1, 0.15) is 19.4 Å². The Bertz CT molecular complexity index is 445. The van der Waals surface area contributed by atoms with Crippen LogP contribution in [0.5, 0.6) is 0 Å². The molecular formula is C13H17BrN2S. The van der Waals surface area contributed by atoms with Crippen molar-refractivity contribution in [3.8, 4) is 0 Å². The first-order valence-corrected chi connectivity index (χ1v) is 7.58. The number of benzene rings is 1. The van der Waals surface area contributed by atoms with E-state index in [9.17, 15) is 0 Å². The zero-order valence-electron chi connectivity index (χ0n) is 10.3. The van der Waals surface area contributed by atoms with Crippen molar-refractivity contribution in [3.05, 3.63) is 28.2 Å². The summed E-state index contributed by atoms with van der Waals surface area (Å²) in [6.07, 6.45) is 0. The van der Waals surface area contributed by atoms with Crippen LogP contribution in [-0.4, -0.2) is 17.0 Å². The van der Waals surface area contributed by atoms with E-state index in [0.29, 0.717) is 12.0 Å². The lowest BCUT2D eigenvalue weighted by Crippen LogP contribution is -2.25. The van der Waals surface area contributed by atoms with Crippen LogP contribution in [0.2, 0.25) is 0 Å². The van der Waals surface area contributed by atoms with Crippen LogP contribution >= 0.6 is 27.7 Å². The lowest BCUT2D eigenvalue weighted by atomic mass is 10.1. The van der Waals surface area contributed by atoms with Crippen LogP contribution in [0.15, 0.2) is 27.7 Å². The van der Waals surface area contributed by atoms with Crippen LogP contribution in [0.3, 0.4) is 0 Å². The fourth-order valence-electron chi connectivity index (χ4n) is 1.56. The molecule has 0 spiro atoms. The summed E-state index contributed by atoms with van der Waals surface area (Å²) < 4.78 is 1.13. The summed E-state index contributed by atoms with van der Waals surface area (Å²) in [6.45, 7) is 6.52. The van der Waals surface area contributed by atoms with Gasteiger partial charge in [0.05, 0.1) is 6.04 Å². The average Bonchev–Trinajstić information content (AvgIpc) is 2.29. The highest BCUT2D eigenvalue weighted by Gasteiger charge is 2.19. The molecule has 0 saturated heterocycles. The van der Waals surface area contributed by atoms with Crippen molar-refractivity contribution in [1.29, 1.82) is 0 Å². The lowest BCUT2D eigenvalue weighted by Gasteiger charge is -2.23. The summed E-state index contributed by atoms with van der Waals surface area (Å²) >= 11 is 5.35. The van der Waals surface area contributed by atoms with Gasteiger partial charge in [-0.25, -0.2) is 0 Å². The molecule has 0 aliphatic carbocycles. The minimum atomic E-state index is 0.410. The minimum Gasteiger partial charge on any atom is -0.335 e. The molecule has 0 radical (unpaired) electrons. The Morgan fingerprint density at radius 2 is 2.18 bits per heavy atom. The number of anilines is 1. The molecular weight excluding hydrogens is 296 g/mol. The standard InChI is InChI=1S/C13H17BrN2S/c1-8-4-5-11(6-12(8)14)16-13-15-10(3)9(2)7-17-13/h4-6,9-10H,7H2,1-3H3,(H,15,16). The van der Waals surface area contributed by atoms with Crippen LogP contribution < -0.4 is 5.32 Å². The fraction of sp³-hybridized carbons (Fsp3) is 0.462. The summed E-state index contributed by atoms with van der Waals surface area (Å²) in [5.41, 5.74) is 2.34. The topological polar surface area (TPSA) is 24.4 Å². The molecule has 1 heterocycles. The van der Waals surface area contributed by atoms with Gasteiger partial charge in [0.2, 0.25) is 0 Å². The Morgan fingerprint density at radius 1 is 1.41 bits per heavy atom. The highest BCUT2D eigenvalue weighted by atomic mass is 79.9. The molecule has 1 N–H and O–H groups in total. The third-order valence-corrected chi connectivity index (χ3v) is 5.08. The zero-order valence-corrected chi connectivity index (χ0v) is 12.7. The number of amidine groups is 1. The second kappa shape index (κ2) is 5.44. The van der Waals surface area contributed by atoms with Crippen LogP contribution in [0.25, 0.3) is 0 Å². The summed E-state index contributed by atoms with van der Waals surface area (Å²) in [5, 5.41) is 4.42. The van der Waals surface area contributed by atoms with Crippen molar-refractivity contribution >= 4 is 38.5 Å². The van der Waals surface area contributed by atoms with Crippen molar-refractivity contribution in [2.75, 3.05) is 11.1 Å². The first-order chi connectivity index (χ1) is 8.06. The molecule has 2 atom stereocenters. The van der Waals surface area contributed by atoms with Crippen molar-refractivity contribution in [3.63, 3.8) is 0 Å². The molecule has 2 rings (SSSR count). The van der Waals surface area contributed by atoms with Crippen LogP contribution in [-0.2, 0) is 0 Å². The second-order valence-corrected chi connectivity index (χ2v) is 6.42. The quantitative estimate of drug-likeness (QED) is 0.836. The molecule has 1 aliphatic rings. The van der Waals surface area contributed by atoms with Gasteiger partial charge in [-0.3, -0.25) is 4.99 Å². The first-order valence-electron chi connectivity index (χ1n) is 5.80. The molecule has 0 amide bonds. The number of aryl methyl sites for hydroxylation is 1. The van der Waals surface area contributed by atoms with E-state index in [1.807, 2.05) is 0 Å². The van der Waals surface area contributed by atoms with Gasteiger partial charge in [0.25, 0.3) is 0 Å². The molecule has 2 unspecified atom stereocenters. The van der Waals surface area contributed by atoms with E-state index in [0.717, 1.165) is 21.1 Å². The van der Waals surface area contributed by atoms with E-state index >= 15 is 0 Å². The third kappa shape index (κ3) is 3.26. The number of thioether (sulfide) groups is 1. The summed E-state index contributed by atoms with van der Waals surface area (Å²) in [4.78, 5) is 4.66. The van der Waals surface area contributed by atoms with E-state index in [2.05, 4.69) is 65.2 Å². The van der Waals surface area contributed by atoms with Gasteiger partial charge in [0.1, 0.15) is 0 Å². The molecule has 0 saturated carbocycles. The predicted octanol–water partition coefficient (Wildman–Crippen LogP) is 4.30. The van der Waals surface area contributed by atoms with E-state index in [-0.39, 0.29) is 0 Å². The Hall–Kier alpha value is -0.480. The normalized spacial score (nSPS) is 24.4. The van der Waals surface area contributed by atoms with Gasteiger partial charge in [-0.2, -0.15) is 0 Å². The van der Waals surface area contributed by atoms with Gasteiger partial charge in [0, 0.05) is 15.9 Å². The first kappa shape index (κ1) is 13.0. The number of hydrogen-bond acceptors (Lipinski definition) is 3. The number of hydrogen-bond donors (Lipinski definition) is 1. The Labute approximate surface area is 115 Å². The van der Waals surface area contributed by atoms with Gasteiger partial charge in [0.15, 0.2) is 5.17 Å². The van der Waals surface area contributed by atoms with Crippen LogP contribution in [0, 0.1) is 12.8 Å². The second-order valence-electron chi connectivity index (χ2n) is 4.55. The van der Waals surface area contributed by atoms with E-state index in [1.54, 1.807) is 11.8 Å². The highest BCUT2D eigenvalue weighted by Crippen LogP contribution is 2.25. The smallest absolute Gasteiger partial charge is 0.161 e. The van der Waals surface area contributed by atoms with Gasteiger partial charge >= 0.3 is 0 Å². The maximum absolute atomic E-state index is 4.66. The molecule has 0 aromatic heterocycles. The predicted molar refractivity (Wildman–Crippen MR) is 81.0 cm³/mol. The SMILES string of the molecule is Cc1ccc(NC2=NC(C)C(C)CS2)cc1Br. The molecule has 0 fully saturated rings. The number of nitrogens with one attached hydrogen (secondary N) is 1.